The Morgan fingerprint density at radius 3 is 2.54 bits per heavy atom. The molecule has 0 atom stereocenters. The summed E-state index contributed by atoms with van der Waals surface area (Å²) in [4.78, 5) is 2.35. The summed E-state index contributed by atoms with van der Waals surface area (Å²) in [6.45, 7) is 3.38. The average Bonchev–Trinajstić information content (AvgIpc) is 2.68. The highest BCUT2D eigenvalue weighted by molar-refractivity contribution is 7.89. The highest BCUT2D eigenvalue weighted by Gasteiger charge is 2.30. The monoisotopic (exact) mass is 442 g/mol. The second-order valence-corrected chi connectivity index (χ2v) is 9.52. The minimum absolute atomic E-state index is 0.155. The Hall–Kier alpha value is -1.35. The largest absolute Gasteiger partial charge is 0.467 e. The lowest BCUT2D eigenvalue weighted by Crippen LogP contribution is -2.48. The minimum Gasteiger partial charge on any atom is -0.467 e. The SMILES string of the molecule is O=S(=O)(c1ccccc1Cl)N1CCN(Cc2cc(Cl)cc3c2OCOC3)CC1. The van der Waals surface area contributed by atoms with Crippen LogP contribution in [0.3, 0.4) is 0 Å². The van der Waals surface area contributed by atoms with Crippen LogP contribution in [0, 0.1) is 0 Å². The molecule has 2 aromatic rings. The Morgan fingerprint density at radius 1 is 1.04 bits per heavy atom. The molecule has 0 bridgehead atoms. The van der Waals surface area contributed by atoms with Gasteiger partial charge in [0.25, 0.3) is 0 Å². The molecule has 0 saturated carbocycles. The highest BCUT2D eigenvalue weighted by Crippen LogP contribution is 2.33. The van der Waals surface area contributed by atoms with Gasteiger partial charge in [-0.05, 0) is 24.3 Å². The third kappa shape index (κ3) is 4.01. The maximum Gasteiger partial charge on any atom is 0.244 e. The first kappa shape index (κ1) is 19.9. The smallest absolute Gasteiger partial charge is 0.244 e. The molecule has 0 amide bonds. The third-order valence-corrected chi connectivity index (χ3v) is 7.55. The van der Waals surface area contributed by atoms with E-state index in [0.717, 1.165) is 16.9 Å². The number of ether oxygens (including phenoxy) is 2. The van der Waals surface area contributed by atoms with Crippen LogP contribution in [0.5, 0.6) is 5.75 Å². The van der Waals surface area contributed by atoms with E-state index in [-0.39, 0.29) is 16.7 Å². The molecule has 9 heteroatoms. The zero-order chi connectivity index (χ0) is 19.7. The molecule has 1 saturated heterocycles. The van der Waals surface area contributed by atoms with E-state index in [9.17, 15) is 8.42 Å². The number of hydrogen-bond donors (Lipinski definition) is 0. The molecule has 2 heterocycles. The highest BCUT2D eigenvalue weighted by atomic mass is 35.5. The number of benzene rings is 2. The van der Waals surface area contributed by atoms with Crippen molar-refractivity contribution in [3.8, 4) is 5.75 Å². The summed E-state index contributed by atoms with van der Waals surface area (Å²) >= 11 is 12.3. The Kier molecular flexibility index (Phi) is 5.83. The van der Waals surface area contributed by atoms with Crippen molar-refractivity contribution in [3.63, 3.8) is 0 Å². The Bertz CT molecular complexity index is 976. The Labute approximate surface area is 174 Å². The van der Waals surface area contributed by atoms with Crippen LogP contribution < -0.4 is 4.74 Å². The molecule has 2 aliphatic heterocycles. The standard InChI is InChI=1S/C19H20Cl2N2O4S/c20-16-9-14(19-15(10-16)12-26-13-27-19)11-22-5-7-23(8-6-22)28(24,25)18-4-2-1-3-17(18)21/h1-4,9-10H,5-8,11-13H2. The van der Waals surface area contributed by atoms with Gasteiger partial charge in [0.05, 0.1) is 11.6 Å². The van der Waals surface area contributed by atoms with E-state index in [1.807, 2.05) is 12.1 Å². The van der Waals surface area contributed by atoms with Gasteiger partial charge in [-0.3, -0.25) is 4.90 Å². The van der Waals surface area contributed by atoms with E-state index in [1.165, 1.54) is 4.31 Å². The fourth-order valence-corrected chi connectivity index (χ4v) is 5.71. The van der Waals surface area contributed by atoms with Crippen LogP contribution in [0.25, 0.3) is 0 Å². The Morgan fingerprint density at radius 2 is 1.79 bits per heavy atom. The zero-order valence-electron chi connectivity index (χ0n) is 15.1. The van der Waals surface area contributed by atoms with Gasteiger partial charge in [-0.15, -0.1) is 0 Å². The number of rotatable bonds is 4. The fourth-order valence-electron chi connectivity index (χ4n) is 3.54. The van der Waals surface area contributed by atoms with Gasteiger partial charge in [-0.25, -0.2) is 8.42 Å². The maximum absolute atomic E-state index is 12.9. The molecule has 2 aliphatic rings. The van der Waals surface area contributed by atoms with Crippen molar-refractivity contribution in [2.24, 2.45) is 0 Å². The minimum atomic E-state index is -3.60. The van der Waals surface area contributed by atoms with Gasteiger partial charge in [-0.1, -0.05) is 35.3 Å². The van der Waals surface area contributed by atoms with Crippen LogP contribution in [0.15, 0.2) is 41.3 Å². The molecule has 0 aliphatic carbocycles. The van der Waals surface area contributed by atoms with Gasteiger partial charge < -0.3 is 9.47 Å². The molecular weight excluding hydrogens is 423 g/mol. The summed E-state index contributed by atoms with van der Waals surface area (Å²) in [5, 5.41) is 0.887. The summed E-state index contributed by atoms with van der Waals surface area (Å²) in [5.41, 5.74) is 1.93. The van der Waals surface area contributed by atoms with Crippen molar-refractivity contribution in [2.45, 2.75) is 18.0 Å². The van der Waals surface area contributed by atoms with Crippen LogP contribution >= 0.6 is 23.2 Å². The van der Waals surface area contributed by atoms with E-state index in [4.69, 9.17) is 32.7 Å². The first-order chi connectivity index (χ1) is 13.4. The van der Waals surface area contributed by atoms with Gasteiger partial charge in [-0.2, -0.15) is 4.31 Å². The van der Waals surface area contributed by atoms with Gasteiger partial charge in [0.2, 0.25) is 10.0 Å². The molecule has 0 spiro atoms. The first-order valence-electron chi connectivity index (χ1n) is 8.94. The second-order valence-electron chi connectivity index (χ2n) is 6.77. The summed E-state index contributed by atoms with van der Waals surface area (Å²) in [7, 11) is -3.60. The molecule has 0 aromatic heterocycles. The molecule has 28 heavy (non-hydrogen) atoms. The van der Waals surface area contributed by atoms with Crippen LogP contribution in [-0.2, 0) is 27.9 Å². The lowest BCUT2D eigenvalue weighted by molar-refractivity contribution is -0.0175. The summed E-state index contributed by atoms with van der Waals surface area (Å²) in [5.74, 6) is 0.821. The molecule has 150 valence electrons. The molecule has 0 unspecified atom stereocenters. The van der Waals surface area contributed by atoms with Crippen molar-refractivity contribution >= 4 is 33.2 Å². The van der Waals surface area contributed by atoms with Crippen molar-refractivity contribution in [1.29, 1.82) is 0 Å². The molecule has 6 nitrogen and oxygen atoms in total. The van der Waals surface area contributed by atoms with E-state index >= 15 is 0 Å². The maximum atomic E-state index is 12.9. The van der Waals surface area contributed by atoms with Crippen molar-refractivity contribution < 1.29 is 17.9 Å². The molecule has 0 radical (unpaired) electrons. The van der Waals surface area contributed by atoms with E-state index < -0.39 is 10.0 Å². The van der Waals surface area contributed by atoms with Crippen LogP contribution in [0.1, 0.15) is 11.1 Å². The number of halogens is 2. The molecule has 1 fully saturated rings. The molecule has 2 aromatic carbocycles. The van der Waals surface area contributed by atoms with Crippen LogP contribution in [-0.4, -0.2) is 50.6 Å². The number of piperazine rings is 1. The first-order valence-corrected chi connectivity index (χ1v) is 11.1. The van der Waals surface area contributed by atoms with Gasteiger partial charge in [0.1, 0.15) is 10.6 Å². The van der Waals surface area contributed by atoms with E-state index in [1.54, 1.807) is 24.3 Å². The lowest BCUT2D eigenvalue weighted by Gasteiger charge is -2.34. The number of fused-ring (bicyclic) bond motifs is 1. The summed E-state index contributed by atoms with van der Waals surface area (Å²) in [6, 6.07) is 10.3. The summed E-state index contributed by atoms with van der Waals surface area (Å²) < 4.78 is 38.2. The van der Waals surface area contributed by atoms with E-state index in [0.29, 0.717) is 44.4 Å². The lowest BCUT2D eigenvalue weighted by atomic mass is 10.1. The second kappa shape index (κ2) is 8.18. The van der Waals surface area contributed by atoms with Crippen LogP contribution in [0.2, 0.25) is 10.0 Å². The van der Waals surface area contributed by atoms with Crippen molar-refractivity contribution in [1.82, 2.24) is 9.21 Å². The van der Waals surface area contributed by atoms with Crippen molar-refractivity contribution in [3.05, 3.63) is 57.6 Å². The molecule has 4 rings (SSSR count). The average molecular weight is 443 g/mol. The van der Waals surface area contributed by atoms with Gasteiger partial charge >= 0.3 is 0 Å². The van der Waals surface area contributed by atoms with Crippen molar-refractivity contribution in [2.75, 3.05) is 33.0 Å². The summed E-state index contributed by atoms with van der Waals surface area (Å²) in [6.07, 6.45) is 0. The topological polar surface area (TPSA) is 59.1 Å². The number of sulfonamides is 1. The predicted octanol–water partition coefficient (Wildman–Crippen LogP) is 3.37. The van der Waals surface area contributed by atoms with Gasteiger partial charge in [0.15, 0.2) is 6.79 Å². The van der Waals surface area contributed by atoms with Gasteiger partial charge in [0, 0.05) is 48.9 Å². The molecular formula is C19H20Cl2N2O4S. The molecule has 0 N–H and O–H groups in total. The van der Waals surface area contributed by atoms with Crippen LogP contribution in [0.4, 0.5) is 0 Å². The third-order valence-electron chi connectivity index (χ3n) is 4.93. The fraction of sp³-hybridized carbons (Fsp3) is 0.368. The number of hydrogen-bond acceptors (Lipinski definition) is 5. The predicted molar refractivity (Wildman–Crippen MR) is 107 cm³/mol. The quantitative estimate of drug-likeness (QED) is 0.726. The number of nitrogens with zero attached hydrogens (tertiary/aromatic N) is 2. The zero-order valence-corrected chi connectivity index (χ0v) is 17.4. The normalized spacial score (nSPS) is 18.5. The Balaban J connectivity index is 1.46. The van der Waals surface area contributed by atoms with E-state index in [2.05, 4.69) is 4.90 Å².